The van der Waals surface area contributed by atoms with Crippen molar-refractivity contribution in [2.45, 2.75) is 38.3 Å². The minimum atomic E-state index is -1.50. The van der Waals surface area contributed by atoms with Crippen molar-refractivity contribution in [2.75, 3.05) is 7.11 Å². The van der Waals surface area contributed by atoms with E-state index in [1.165, 1.54) is 7.11 Å². The minimum absolute atomic E-state index is 0.156. The number of hydrogen-bond acceptors (Lipinski definition) is 4. The molecule has 0 unspecified atom stereocenters. The van der Waals surface area contributed by atoms with Gasteiger partial charge >= 0.3 is 0 Å². The number of methoxy groups -OCH3 is 1. The Hall–Kier alpha value is -0.910. The van der Waals surface area contributed by atoms with Gasteiger partial charge in [-0.15, -0.1) is 0 Å². The lowest BCUT2D eigenvalue weighted by Crippen LogP contribution is -2.57. The van der Waals surface area contributed by atoms with E-state index in [1.54, 1.807) is 0 Å². The molecule has 0 aliphatic carbocycles. The number of aliphatic hydroxyl groups excluding tert-OH is 1. The molecule has 1 aliphatic rings. The van der Waals surface area contributed by atoms with Crippen LogP contribution in [0, 0.1) is 5.92 Å². The van der Waals surface area contributed by atoms with Gasteiger partial charge < -0.3 is 20.3 Å². The Kier molecular flexibility index (Phi) is 3.72. The molecule has 1 rings (SSSR count). The van der Waals surface area contributed by atoms with Crippen molar-refractivity contribution in [3.8, 4) is 0 Å². The first kappa shape index (κ1) is 13.2. The van der Waals surface area contributed by atoms with Gasteiger partial charge in [0.15, 0.2) is 6.10 Å². The predicted octanol–water partition coefficient (Wildman–Crippen LogP) is 0.176. The number of hydrogen-bond donors (Lipinski definition) is 2. The second-order valence-electron chi connectivity index (χ2n) is 4.27. The molecule has 1 amide bonds. The van der Waals surface area contributed by atoms with E-state index in [1.807, 2.05) is 13.8 Å². The molecule has 1 heterocycles. The summed E-state index contributed by atoms with van der Waals surface area (Å²) >= 11 is 0. The van der Waals surface area contributed by atoms with E-state index < -0.39 is 17.8 Å². The zero-order valence-electron chi connectivity index (χ0n) is 9.90. The van der Waals surface area contributed by atoms with Crippen LogP contribution < -0.4 is 5.73 Å². The minimum Gasteiger partial charge on any atom is -0.378 e. The van der Waals surface area contributed by atoms with E-state index in [9.17, 15) is 9.90 Å². The van der Waals surface area contributed by atoms with E-state index in [-0.39, 0.29) is 18.4 Å². The molecule has 0 aromatic carbocycles. The van der Waals surface area contributed by atoms with Crippen LogP contribution in [-0.2, 0) is 14.3 Å². The molecule has 0 radical (unpaired) electrons. The molecule has 1 fully saturated rings. The van der Waals surface area contributed by atoms with E-state index >= 15 is 0 Å². The van der Waals surface area contributed by atoms with Gasteiger partial charge in [-0.2, -0.15) is 0 Å². The third-order valence-electron chi connectivity index (χ3n) is 3.24. The van der Waals surface area contributed by atoms with Gasteiger partial charge in [-0.05, 0) is 6.92 Å². The normalized spacial score (nSPS) is 37.1. The second kappa shape index (κ2) is 4.53. The van der Waals surface area contributed by atoms with Gasteiger partial charge in [-0.1, -0.05) is 19.1 Å². The number of primary amides is 1. The van der Waals surface area contributed by atoms with Gasteiger partial charge in [-0.25, -0.2) is 0 Å². The van der Waals surface area contributed by atoms with Gasteiger partial charge in [0.05, 0.1) is 6.10 Å². The standard InChI is InChI=1S/C11H19NO4/c1-6-5-11(15-4,9(13)10(12)14)16-8(3)7(6)2/h7-9,13H,1,5H2,2-4H3,(H2,12,14)/t7-,8-,9-,11-/m1/s1. The van der Waals surface area contributed by atoms with Crippen LogP contribution in [0.1, 0.15) is 20.3 Å². The van der Waals surface area contributed by atoms with Crippen LogP contribution >= 0.6 is 0 Å². The summed E-state index contributed by atoms with van der Waals surface area (Å²) in [5, 5.41) is 9.76. The van der Waals surface area contributed by atoms with Gasteiger partial charge in [0, 0.05) is 19.4 Å². The summed E-state index contributed by atoms with van der Waals surface area (Å²) in [5.41, 5.74) is 5.95. The van der Waals surface area contributed by atoms with Gasteiger partial charge in [0.25, 0.3) is 5.91 Å². The Labute approximate surface area is 95.2 Å². The van der Waals surface area contributed by atoms with E-state index in [2.05, 4.69) is 6.58 Å². The summed E-state index contributed by atoms with van der Waals surface area (Å²) in [4.78, 5) is 11.0. The maximum atomic E-state index is 11.0. The van der Waals surface area contributed by atoms with Crippen molar-refractivity contribution in [3.05, 3.63) is 12.2 Å². The molecule has 0 bridgehead atoms. The predicted molar refractivity (Wildman–Crippen MR) is 58.4 cm³/mol. The Morgan fingerprint density at radius 3 is 2.69 bits per heavy atom. The van der Waals surface area contributed by atoms with Crippen LogP contribution in [0.3, 0.4) is 0 Å². The highest BCUT2D eigenvalue weighted by Crippen LogP contribution is 2.38. The summed E-state index contributed by atoms with van der Waals surface area (Å²) < 4.78 is 10.8. The first-order valence-electron chi connectivity index (χ1n) is 5.22. The molecule has 92 valence electrons. The topological polar surface area (TPSA) is 81.8 Å². The monoisotopic (exact) mass is 229 g/mol. The molecule has 5 heteroatoms. The molecular weight excluding hydrogens is 210 g/mol. The summed E-state index contributed by atoms with van der Waals surface area (Å²) in [6, 6.07) is 0. The van der Waals surface area contributed by atoms with Crippen molar-refractivity contribution in [1.82, 2.24) is 0 Å². The molecule has 1 saturated heterocycles. The lowest BCUT2D eigenvalue weighted by atomic mass is 9.85. The number of rotatable bonds is 3. The number of ether oxygens (including phenoxy) is 2. The zero-order valence-corrected chi connectivity index (χ0v) is 9.90. The van der Waals surface area contributed by atoms with Crippen LogP contribution in [0.25, 0.3) is 0 Å². The fourth-order valence-corrected chi connectivity index (χ4v) is 1.88. The van der Waals surface area contributed by atoms with Gasteiger partial charge in [-0.3, -0.25) is 4.79 Å². The van der Waals surface area contributed by atoms with Crippen molar-refractivity contribution in [1.29, 1.82) is 0 Å². The largest absolute Gasteiger partial charge is 0.378 e. The molecule has 0 aromatic heterocycles. The number of nitrogens with two attached hydrogens (primary N) is 1. The highest BCUT2D eigenvalue weighted by molar-refractivity contribution is 5.79. The average molecular weight is 229 g/mol. The van der Waals surface area contributed by atoms with Crippen LogP contribution in [0.2, 0.25) is 0 Å². The molecule has 0 aromatic rings. The highest BCUT2D eigenvalue weighted by atomic mass is 16.7. The smallest absolute Gasteiger partial charge is 0.251 e. The van der Waals surface area contributed by atoms with Crippen molar-refractivity contribution >= 4 is 5.91 Å². The van der Waals surface area contributed by atoms with E-state index in [4.69, 9.17) is 15.2 Å². The van der Waals surface area contributed by atoms with Crippen LogP contribution in [0.4, 0.5) is 0 Å². The Bertz CT molecular complexity index is 304. The first-order chi connectivity index (χ1) is 7.34. The summed E-state index contributed by atoms with van der Waals surface area (Å²) in [6.45, 7) is 7.73. The molecule has 1 aliphatic heterocycles. The zero-order chi connectivity index (χ0) is 12.5. The molecule has 16 heavy (non-hydrogen) atoms. The lowest BCUT2D eigenvalue weighted by molar-refractivity contribution is -0.296. The van der Waals surface area contributed by atoms with Crippen molar-refractivity contribution < 1.29 is 19.4 Å². The maximum Gasteiger partial charge on any atom is 0.251 e. The Balaban J connectivity index is 2.97. The molecule has 5 nitrogen and oxygen atoms in total. The molecular formula is C11H19NO4. The lowest BCUT2D eigenvalue weighted by Gasteiger charge is -2.44. The quantitative estimate of drug-likeness (QED) is 0.676. The number of carbonyl (C=O) groups is 1. The fourth-order valence-electron chi connectivity index (χ4n) is 1.88. The summed E-state index contributed by atoms with van der Waals surface area (Å²) in [6.07, 6.45) is -1.42. The number of aliphatic hydroxyl groups is 1. The SMILES string of the molecule is C=C1C[C@](OC)([C@H](O)C(N)=O)O[C@H](C)[C@@H]1C. The second-order valence-corrected chi connectivity index (χ2v) is 4.27. The van der Waals surface area contributed by atoms with Crippen LogP contribution in [0.15, 0.2) is 12.2 Å². The third-order valence-corrected chi connectivity index (χ3v) is 3.24. The Morgan fingerprint density at radius 2 is 2.31 bits per heavy atom. The van der Waals surface area contributed by atoms with Crippen LogP contribution in [0.5, 0.6) is 0 Å². The number of carbonyl (C=O) groups excluding carboxylic acids is 1. The van der Waals surface area contributed by atoms with Crippen molar-refractivity contribution in [3.63, 3.8) is 0 Å². The summed E-state index contributed by atoms with van der Waals surface area (Å²) in [5.74, 6) is -2.10. The number of amides is 1. The fraction of sp³-hybridized carbons (Fsp3) is 0.727. The molecule has 0 saturated carbocycles. The first-order valence-corrected chi connectivity index (χ1v) is 5.22. The Morgan fingerprint density at radius 1 is 1.75 bits per heavy atom. The van der Waals surface area contributed by atoms with E-state index in [0.717, 1.165) is 5.57 Å². The molecule has 0 spiro atoms. The molecule has 3 N–H and O–H groups in total. The van der Waals surface area contributed by atoms with Gasteiger partial charge in [0.2, 0.25) is 5.79 Å². The average Bonchev–Trinajstić information content (AvgIpc) is 2.24. The third kappa shape index (κ3) is 2.11. The maximum absolute atomic E-state index is 11.0. The van der Waals surface area contributed by atoms with Crippen LogP contribution in [-0.4, -0.2) is 36.1 Å². The van der Waals surface area contributed by atoms with Crippen molar-refractivity contribution in [2.24, 2.45) is 11.7 Å². The molecule has 4 atom stereocenters. The van der Waals surface area contributed by atoms with Gasteiger partial charge in [0.1, 0.15) is 0 Å². The van der Waals surface area contributed by atoms with E-state index in [0.29, 0.717) is 0 Å². The highest BCUT2D eigenvalue weighted by Gasteiger charge is 2.48. The summed E-state index contributed by atoms with van der Waals surface area (Å²) in [7, 11) is 1.38.